The maximum atomic E-state index is 13.9. The number of aromatic nitrogens is 1. The minimum Gasteiger partial charge on any atom is -0.397 e. The summed E-state index contributed by atoms with van der Waals surface area (Å²) in [5.74, 6) is -1.22. The van der Waals surface area contributed by atoms with Gasteiger partial charge < -0.3 is 11.1 Å². The van der Waals surface area contributed by atoms with E-state index in [0.29, 0.717) is 16.1 Å². The number of nitrogen functional groups attached to an aromatic ring is 1. The standard InChI is InChI=1S/C17H16FN3O3S2/c1-9-6-20-8-12-14(9)15(19)16(25-12)17(22)21-7-10-3-4-13(11(18)5-10)26(2,23)24/h3-6,8H,7,19H2,1-2H3,(H,21,22). The molecule has 0 unspecified atom stereocenters. The number of halogens is 1. The first-order valence-electron chi connectivity index (χ1n) is 7.57. The molecule has 26 heavy (non-hydrogen) atoms. The number of rotatable bonds is 4. The third-order valence-corrected chi connectivity index (χ3v) is 6.15. The predicted octanol–water partition coefficient (Wildman–Crippen LogP) is 2.66. The van der Waals surface area contributed by atoms with Gasteiger partial charge in [0.25, 0.3) is 5.91 Å². The smallest absolute Gasteiger partial charge is 0.263 e. The van der Waals surface area contributed by atoms with Crippen molar-refractivity contribution in [3.8, 4) is 0 Å². The van der Waals surface area contributed by atoms with E-state index < -0.39 is 15.7 Å². The number of carbonyl (C=O) groups excluding carboxylic acids is 1. The number of anilines is 1. The van der Waals surface area contributed by atoms with Gasteiger partial charge in [0.1, 0.15) is 15.6 Å². The normalized spacial score (nSPS) is 11.7. The molecule has 1 amide bonds. The van der Waals surface area contributed by atoms with Crippen LogP contribution in [-0.4, -0.2) is 25.6 Å². The Morgan fingerprint density at radius 3 is 2.69 bits per heavy atom. The first-order valence-corrected chi connectivity index (χ1v) is 10.3. The molecule has 2 heterocycles. The lowest BCUT2D eigenvalue weighted by atomic mass is 10.1. The van der Waals surface area contributed by atoms with Crippen LogP contribution in [0.3, 0.4) is 0 Å². The Labute approximate surface area is 153 Å². The highest BCUT2D eigenvalue weighted by atomic mass is 32.2. The SMILES string of the molecule is Cc1cncc2sc(C(=O)NCc3ccc(S(C)(=O)=O)c(F)c3)c(N)c12. The molecule has 2 aromatic heterocycles. The molecule has 0 aliphatic rings. The number of thiophene rings is 1. The summed E-state index contributed by atoms with van der Waals surface area (Å²) in [5, 5.41) is 3.48. The Bertz CT molecular complexity index is 1120. The average molecular weight is 393 g/mol. The quantitative estimate of drug-likeness (QED) is 0.709. The fourth-order valence-electron chi connectivity index (χ4n) is 2.63. The van der Waals surface area contributed by atoms with Crippen LogP contribution in [0.15, 0.2) is 35.5 Å². The van der Waals surface area contributed by atoms with Crippen LogP contribution in [0.5, 0.6) is 0 Å². The topological polar surface area (TPSA) is 102 Å². The monoisotopic (exact) mass is 393 g/mol. The molecule has 3 aromatic rings. The molecule has 0 saturated heterocycles. The molecule has 0 atom stereocenters. The Hall–Kier alpha value is -2.52. The predicted molar refractivity (Wildman–Crippen MR) is 99.4 cm³/mol. The van der Waals surface area contributed by atoms with Gasteiger partial charge in [-0.3, -0.25) is 9.78 Å². The number of aryl methyl sites for hydroxylation is 1. The number of nitrogens with zero attached hydrogens (tertiary/aromatic N) is 1. The molecule has 0 fully saturated rings. The number of hydrogen-bond donors (Lipinski definition) is 2. The average Bonchev–Trinajstić information content (AvgIpc) is 2.90. The summed E-state index contributed by atoms with van der Waals surface area (Å²) in [7, 11) is -3.63. The van der Waals surface area contributed by atoms with Crippen LogP contribution in [0.2, 0.25) is 0 Å². The van der Waals surface area contributed by atoms with Gasteiger partial charge in [0.2, 0.25) is 0 Å². The molecular formula is C17H16FN3O3S2. The van der Waals surface area contributed by atoms with Gasteiger partial charge in [-0.05, 0) is 30.2 Å². The molecule has 0 bridgehead atoms. The van der Waals surface area contributed by atoms with Crippen molar-refractivity contribution in [3.05, 3.63) is 52.4 Å². The van der Waals surface area contributed by atoms with Crippen molar-refractivity contribution in [3.63, 3.8) is 0 Å². The Balaban J connectivity index is 1.81. The molecule has 3 N–H and O–H groups in total. The zero-order valence-corrected chi connectivity index (χ0v) is 15.7. The molecule has 0 aliphatic heterocycles. The number of nitrogens with two attached hydrogens (primary N) is 1. The number of sulfone groups is 1. The summed E-state index contributed by atoms with van der Waals surface area (Å²) in [6.07, 6.45) is 4.27. The summed E-state index contributed by atoms with van der Waals surface area (Å²) >= 11 is 1.24. The van der Waals surface area contributed by atoms with Gasteiger partial charge in [0, 0.05) is 30.6 Å². The van der Waals surface area contributed by atoms with Crippen molar-refractivity contribution in [1.82, 2.24) is 10.3 Å². The van der Waals surface area contributed by atoms with Crippen LogP contribution in [-0.2, 0) is 16.4 Å². The Morgan fingerprint density at radius 1 is 1.35 bits per heavy atom. The van der Waals surface area contributed by atoms with E-state index in [4.69, 9.17) is 5.73 Å². The van der Waals surface area contributed by atoms with Gasteiger partial charge >= 0.3 is 0 Å². The number of fused-ring (bicyclic) bond motifs is 1. The van der Waals surface area contributed by atoms with Gasteiger partial charge in [0.05, 0.1) is 10.4 Å². The fraction of sp³-hybridized carbons (Fsp3) is 0.176. The zero-order chi connectivity index (χ0) is 19.1. The van der Waals surface area contributed by atoms with Crippen molar-refractivity contribution in [2.45, 2.75) is 18.4 Å². The Morgan fingerprint density at radius 2 is 2.08 bits per heavy atom. The van der Waals surface area contributed by atoms with E-state index in [0.717, 1.165) is 28.0 Å². The number of amides is 1. The lowest BCUT2D eigenvalue weighted by Crippen LogP contribution is -2.22. The molecule has 0 saturated carbocycles. The molecule has 9 heteroatoms. The largest absolute Gasteiger partial charge is 0.397 e. The second-order valence-corrected chi connectivity index (χ2v) is 8.93. The van der Waals surface area contributed by atoms with E-state index in [1.807, 2.05) is 6.92 Å². The van der Waals surface area contributed by atoms with E-state index in [2.05, 4.69) is 10.3 Å². The minimum atomic E-state index is -3.63. The van der Waals surface area contributed by atoms with Crippen LogP contribution in [0.25, 0.3) is 10.1 Å². The second-order valence-electron chi connectivity index (χ2n) is 5.89. The molecule has 0 aliphatic carbocycles. The third kappa shape index (κ3) is 3.40. The lowest BCUT2D eigenvalue weighted by Gasteiger charge is -2.07. The van der Waals surface area contributed by atoms with E-state index in [1.165, 1.54) is 23.5 Å². The van der Waals surface area contributed by atoms with Crippen molar-refractivity contribution < 1.29 is 17.6 Å². The van der Waals surface area contributed by atoms with Gasteiger partial charge in [-0.25, -0.2) is 12.8 Å². The number of benzene rings is 1. The highest BCUT2D eigenvalue weighted by molar-refractivity contribution is 7.90. The molecule has 1 aromatic carbocycles. The lowest BCUT2D eigenvalue weighted by molar-refractivity contribution is 0.0955. The first kappa shape index (κ1) is 18.3. The van der Waals surface area contributed by atoms with E-state index in [1.54, 1.807) is 12.4 Å². The molecule has 3 rings (SSSR count). The highest BCUT2D eigenvalue weighted by Crippen LogP contribution is 2.35. The van der Waals surface area contributed by atoms with Crippen molar-refractivity contribution in [2.75, 3.05) is 12.0 Å². The van der Waals surface area contributed by atoms with Gasteiger partial charge in [-0.2, -0.15) is 0 Å². The second kappa shape index (κ2) is 6.65. The van der Waals surface area contributed by atoms with Crippen molar-refractivity contribution in [1.29, 1.82) is 0 Å². The van der Waals surface area contributed by atoms with E-state index in [-0.39, 0.29) is 17.3 Å². The zero-order valence-electron chi connectivity index (χ0n) is 14.0. The highest BCUT2D eigenvalue weighted by Gasteiger charge is 2.18. The minimum absolute atomic E-state index is 0.0463. The number of pyridine rings is 1. The van der Waals surface area contributed by atoms with Crippen molar-refractivity contribution in [2.24, 2.45) is 0 Å². The van der Waals surface area contributed by atoms with Crippen LogP contribution in [0.1, 0.15) is 20.8 Å². The van der Waals surface area contributed by atoms with E-state index in [9.17, 15) is 17.6 Å². The third-order valence-electron chi connectivity index (χ3n) is 3.88. The fourth-order valence-corrected chi connectivity index (χ4v) is 4.44. The maximum Gasteiger partial charge on any atom is 0.263 e. The maximum absolute atomic E-state index is 13.9. The summed E-state index contributed by atoms with van der Waals surface area (Å²) in [6, 6.07) is 3.75. The van der Waals surface area contributed by atoms with Gasteiger partial charge in [0.15, 0.2) is 9.84 Å². The number of hydrogen-bond acceptors (Lipinski definition) is 6. The Kier molecular flexibility index (Phi) is 4.68. The van der Waals surface area contributed by atoms with Gasteiger partial charge in [-0.15, -0.1) is 11.3 Å². The first-order chi connectivity index (χ1) is 12.2. The summed E-state index contributed by atoms with van der Waals surface area (Å²) in [6.45, 7) is 1.91. The number of carbonyl (C=O) groups is 1. The van der Waals surface area contributed by atoms with Crippen molar-refractivity contribution >= 4 is 42.9 Å². The van der Waals surface area contributed by atoms with Gasteiger partial charge in [-0.1, -0.05) is 6.07 Å². The summed E-state index contributed by atoms with van der Waals surface area (Å²) in [4.78, 5) is 16.5. The van der Waals surface area contributed by atoms with E-state index >= 15 is 0 Å². The number of nitrogens with one attached hydrogen (secondary N) is 1. The molecule has 0 radical (unpaired) electrons. The molecule has 0 spiro atoms. The molecular weight excluding hydrogens is 377 g/mol. The van der Waals surface area contributed by atoms with Crippen LogP contribution in [0.4, 0.5) is 10.1 Å². The summed E-state index contributed by atoms with van der Waals surface area (Å²) in [5.41, 5.74) is 7.81. The summed E-state index contributed by atoms with van der Waals surface area (Å²) < 4.78 is 37.6. The van der Waals surface area contributed by atoms with Crippen LogP contribution < -0.4 is 11.1 Å². The van der Waals surface area contributed by atoms with Crippen LogP contribution >= 0.6 is 11.3 Å². The molecule has 136 valence electrons. The molecule has 6 nitrogen and oxygen atoms in total. The van der Waals surface area contributed by atoms with Crippen LogP contribution in [0, 0.1) is 12.7 Å².